The number of amides is 1. The van der Waals surface area contributed by atoms with Crippen molar-refractivity contribution in [3.05, 3.63) is 215 Å². The van der Waals surface area contributed by atoms with E-state index < -0.39 is 27.8 Å². The third-order valence-electron chi connectivity index (χ3n) is 14.7. The molecule has 7 atom stereocenters. The van der Waals surface area contributed by atoms with E-state index in [0.717, 1.165) is 52.6 Å². The average Bonchev–Trinajstić information content (AvgIpc) is 1.51. The predicted octanol–water partition coefficient (Wildman–Crippen LogP) is 19.3. The molecule has 91 heavy (non-hydrogen) atoms. The van der Waals surface area contributed by atoms with Gasteiger partial charge >= 0.3 is 24.8 Å². The third kappa shape index (κ3) is 31.4. The summed E-state index contributed by atoms with van der Waals surface area (Å²) < 4.78 is 29.1. The zero-order chi connectivity index (χ0) is 69.4. The number of hydrogen-bond donors (Lipinski definition) is 3. The minimum absolute atomic E-state index is 0. The second kappa shape index (κ2) is 62.2. The molecular weight excluding hydrogens is 1140 g/mol. The van der Waals surface area contributed by atoms with E-state index in [9.17, 15) is 23.1 Å². The molecule has 6 aromatic carbocycles. The SMILES string of the molecule is CC.CC.CC.CC.CC.CC.CC.CC.CC.CC.CC.CC.CC1(C)C2CCC13CS(=O)(=O)N(C(=O)C(Cc1ccccc1)C(NCc1ccccc1)c1ccccc1)C3C2.O=C(O)C(Cc1ccccc1)C(NCc1ccccc1)c1ccccc1.[Li+].[OH-]. The van der Waals surface area contributed by atoms with Crippen LogP contribution in [-0.4, -0.2) is 47.0 Å². The summed E-state index contributed by atoms with van der Waals surface area (Å²) in [6.07, 6.45) is 3.66. The van der Waals surface area contributed by atoms with Crippen molar-refractivity contribution < 1.29 is 47.5 Å². The fourth-order valence-corrected chi connectivity index (χ4v) is 13.7. The molecule has 1 saturated heterocycles. The normalized spacial score (nSPS) is 16.4. The van der Waals surface area contributed by atoms with Crippen molar-refractivity contribution in [1.29, 1.82) is 0 Å². The quantitative estimate of drug-likeness (QED) is 0.0812. The number of aliphatic carboxylic acids is 1. The Balaban J connectivity index is -0.000000237. The number of nitrogens with one attached hydrogen (secondary N) is 2. The summed E-state index contributed by atoms with van der Waals surface area (Å²) in [4.78, 5) is 26.8. The molecule has 2 aliphatic carbocycles. The topological polar surface area (TPSA) is 146 Å². The first-order valence-corrected chi connectivity index (χ1v) is 36.6. The molecule has 2 bridgehead atoms. The fourth-order valence-electron chi connectivity index (χ4n) is 11.1. The number of carbonyl (C=O) groups excluding carboxylic acids is 1. The smallest absolute Gasteiger partial charge is 0.870 e. The number of carboxylic acids is 1. The number of benzene rings is 6. The van der Waals surface area contributed by atoms with Gasteiger partial charge in [-0.3, -0.25) is 9.59 Å². The Morgan fingerprint density at radius 2 is 0.736 bits per heavy atom. The molecule has 9 nitrogen and oxygen atoms in total. The minimum Gasteiger partial charge on any atom is -0.870 e. The van der Waals surface area contributed by atoms with Gasteiger partial charge in [-0.25, -0.2) is 12.7 Å². The summed E-state index contributed by atoms with van der Waals surface area (Å²) in [6, 6.07) is 59.0. The molecule has 512 valence electrons. The van der Waals surface area contributed by atoms with Crippen molar-refractivity contribution in [1.82, 2.24) is 14.9 Å². The van der Waals surface area contributed by atoms with Crippen LogP contribution in [0.5, 0.6) is 0 Å². The molecule has 3 aliphatic rings. The van der Waals surface area contributed by atoms with Gasteiger partial charge < -0.3 is 21.2 Å². The van der Waals surface area contributed by atoms with Crippen LogP contribution < -0.4 is 29.5 Å². The summed E-state index contributed by atoms with van der Waals surface area (Å²) in [6.45, 7) is 53.7. The molecule has 11 heteroatoms. The van der Waals surface area contributed by atoms with Crippen molar-refractivity contribution in [3.63, 3.8) is 0 Å². The molecule has 1 heterocycles. The van der Waals surface area contributed by atoms with Crippen molar-refractivity contribution in [2.24, 2.45) is 28.6 Å². The number of hydrogen-bond acceptors (Lipinski definition) is 7. The second-order valence-electron chi connectivity index (χ2n) is 18.7. The maximum absolute atomic E-state index is 14.7. The Labute approximate surface area is 573 Å². The van der Waals surface area contributed by atoms with Crippen LogP contribution in [0.3, 0.4) is 0 Å². The monoisotopic (exact) mass is 1270 g/mol. The molecular formula is C80H134LiN3O6S. The number of rotatable bonds is 16. The van der Waals surface area contributed by atoms with E-state index in [0.29, 0.717) is 31.8 Å². The number of sulfonamides is 1. The fraction of sp³-hybridized carbons (Fsp3) is 0.525. The molecule has 2 saturated carbocycles. The van der Waals surface area contributed by atoms with Gasteiger partial charge in [-0.1, -0.05) is 362 Å². The Bertz CT molecular complexity index is 2600. The first-order valence-electron chi connectivity index (χ1n) is 35.0. The Morgan fingerprint density at radius 1 is 0.462 bits per heavy atom. The minimum atomic E-state index is -3.72. The van der Waals surface area contributed by atoms with Gasteiger partial charge in [0.1, 0.15) is 0 Å². The van der Waals surface area contributed by atoms with Gasteiger partial charge in [0.2, 0.25) is 15.9 Å². The Morgan fingerprint density at radius 3 is 1.03 bits per heavy atom. The Kier molecular flexibility index (Phi) is 67.8. The molecule has 6 aromatic rings. The zero-order valence-corrected chi connectivity index (χ0v) is 63.6. The van der Waals surface area contributed by atoms with Gasteiger partial charge in [0.15, 0.2) is 0 Å². The van der Waals surface area contributed by atoms with Gasteiger partial charge in [-0.2, -0.15) is 0 Å². The molecule has 0 radical (unpaired) electrons. The standard InChI is InChI=1S/C33H38N2O3S.C23H23NO2.12C2H6.Li.H2O/c1-32(2)27-18-19-33(32)23-39(37,38)35(29(33)21-27)31(36)28(20-24-12-6-3-7-13-24)30(26-16-10-5-11-17-26)34-22-25-14-8-4-9-15-25;25-23(26)21(16-18-10-4-1-5-11-18)22(20-14-8-3-9-15-20)24-17-19-12-6-2-7-13-19;12*1-2;;/h3-17,27-30,34H,18-23H2,1-2H3;1-15,21-22,24H,16-17H2,(H,25,26);12*1-2H3;;1H2/q;;;;;;;;;;;;;;+1;/p-1. The van der Waals surface area contributed by atoms with Crippen LogP contribution in [-0.2, 0) is 45.5 Å². The van der Waals surface area contributed by atoms with Gasteiger partial charge in [-0.15, -0.1) is 0 Å². The average molecular weight is 1270 g/mol. The van der Waals surface area contributed by atoms with E-state index in [4.69, 9.17) is 0 Å². The summed E-state index contributed by atoms with van der Waals surface area (Å²) in [5, 5.41) is 17.1. The zero-order valence-electron chi connectivity index (χ0n) is 62.8. The van der Waals surface area contributed by atoms with E-state index in [2.05, 4.69) is 36.6 Å². The number of carboxylic acid groups (broad SMARTS) is 1. The van der Waals surface area contributed by atoms with E-state index in [-0.39, 0.29) is 65.0 Å². The molecule has 7 unspecified atom stereocenters. The van der Waals surface area contributed by atoms with Crippen LogP contribution in [0.2, 0.25) is 0 Å². The molecule has 1 spiro atoms. The molecule has 3 fully saturated rings. The first-order chi connectivity index (χ1) is 43.5. The van der Waals surface area contributed by atoms with E-state index in [1.54, 1.807) is 0 Å². The van der Waals surface area contributed by atoms with E-state index in [1.165, 1.54) is 4.31 Å². The van der Waals surface area contributed by atoms with Crippen LogP contribution in [0.4, 0.5) is 0 Å². The molecule has 1 aliphatic heterocycles. The van der Waals surface area contributed by atoms with E-state index >= 15 is 0 Å². The maximum Gasteiger partial charge on any atom is 1.00 e. The summed E-state index contributed by atoms with van der Waals surface area (Å²) in [5.74, 6) is -1.64. The molecule has 9 rings (SSSR count). The Hall–Kier alpha value is -5.31. The van der Waals surface area contributed by atoms with Gasteiger partial charge in [0.05, 0.1) is 23.6 Å². The van der Waals surface area contributed by atoms with Gasteiger partial charge in [-0.05, 0) is 76.8 Å². The number of carbonyl (C=O) groups is 2. The van der Waals surface area contributed by atoms with E-state index in [1.807, 2.05) is 336 Å². The largest absolute Gasteiger partial charge is 1.00 e. The van der Waals surface area contributed by atoms with Crippen LogP contribution >= 0.6 is 0 Å². The molecule has 1 amide bonds. The summed E-state index contributed by atoms with van der Waals surface area (Å²) in [5.41, 5.74) is 5.86. The number of nitrogens with zero attached hydrogens (tertiary/aromatic N) is 1. The first kappa shape index (κ1) is 99.3. The van der Waals surface area contributed by atoms with Crippen molar-refractivity contribution >= 4 is 21.9 Å². The van der Waals surface area contributed by atoms with Crippen LogP contribution in [0.15, 0.2) is 182 Å². The summed E-state index contributed by atoms with van der Waals surface area (Å²) >= 11 is 0. The maximum atomic E-state index is 14.7. The predicted molar refractivity (Wildman–Crippen MR) is 396 cm³/mol. The second-order valence-corrected chi connectivity index (χ2v) is 20.5. The van der Waals surface area contributed by atoms with Gasteiger partial charge in [0, 0.05) is 30.6 Å². The molecule has 0 aromatic heterocycles. The van der Waals surface area contributed by atoms with Crippen LogP contribution in [0.25, 0.3) is 0 Å². The van der Waals surface area contributed by atoms with Gasteiger partial charge in [0.25, 0.3) is 0 Å². The molecule has 4 N–H and O–H groups in total. The third-order valence-corrected chi connectivity index (χ3v) is 16.6. The van der Waals surface area contributed by atoms with Crippen molar-refractivity contribution in [2.45, 2.75) is 243 Å². The van der Waals surface area contributed by atoms with Crippen molar-refractivity contribution in [2.75, 3.05) is 5.75 Å². The van der Waals surface area contributed by atoms with Crippen LogP contribution in [0, 0.1) is 28.6 Å². The number of fused-ring (bicyclic) bond motifs is 1. The summed E-state index contributed by atoms with van der Waals surface area (Å²) in [7, 11) is -3.72. The van der Waals surface area contributed by atoms with Crippen molar-refractivity contribution in [3.8, 4) is 0 Å². The van der Waals surface area contributed by atoms with Crippen LogP contribution in [0.1, 0.15) is 245 Å².